The lowest BCUT2D eigenvalue weighted by Gasteiger charge is -2.33. The number of aromatic nitrogens is 2. The maximum absolute atomic E-state index is 5.92. The molecule has 1 unspecified atom stereocenters. The summed E-state index contributed by atoms with van der Waals surface area (Å²) < 4.78 is 0. The van der Waals surface area contributed by atoms with Crippen LogP contribution < -0.4 is 10.6 Å². The molecule has 0 amide bonds. The van der Waals surface area contributed by atoms with Gasteiger partial charge in [-0.1, -0.05) is 13.8 Å². The van der Waals surface area contributed by atoms with E-state index in [0.717, 1.165) is 30.9 Å². The van der Waals surface area contributed by atoms with Crippen molar-refractivity contribution in [1.29, 1.82) is 0 Å². The van der Waals surface area contributed by atoms with Crippen LogP contribution in [0.15, 0.2) is 6.33 Å². The van der Waals surface area contributed by atoms with Crippen LogP contribution in [-0.2, 0) is 6.42 Å². The van der Waals surface area contributed by atoms with E-state index in [1.165, 1.54) is 12.2 Å². The van der Waals surface area contributed by atoms with Crippen LogP contribution in [0.2, 0.25) is 0 Å². The molecular weight excluding hydrogens is 232 g/mol. The number of nitrogen functional groups attached to an aromatic ring is 1. The highest BCUT2D eigenvalue weighted by Gasteiger charge is 2.22. The van der Waals surface area contributed by atoms with Gasteiger partial charge in [0, 0.05) is 29.7 Å². The summed E-state index contributed by atoms with van der Waals surface area (Å²) in [6, 6.07) is 0. The SMILES string of the molecule is CCc1c(N)ncnc1N1CCSC(CC)C1. The second kappa shape index (κ2) is 5.58. The number of hydrogen-bond donors (Lipinski definition) is 1. The largest absolute Gasteiger partial charge is 0.383 e. The molecular formula is C12H20N4S. The summed E-state index contributed by atoms with van der Waals surface area (Å²) in [6.07, 6.45) is 3.68. The van der Waals surface area contributed by atoms with Gasteiger partial charge in [-0.2, -0.15) is 11.8 Å². The predicted molar refractivity (Wildman–Crippen MR) is 74.6 cm³/mol. The predicted octanol–water partition coefficient (Wildman–Crippen LogP) is 1.95. The zero-order chi connectivity index (χ0) is 12.3. The Kier molecular flexibility index (Phi) is 4.10. The molecule has 2 rings (SSSR count). The molecule has 0 aliphatic carbocycles. The van der Waals surface area contributed by atoms with Crippen LogP contribution in [-0.4, -0.2) is 34.1 Å². The molecule has 1 aromatic rings. The van der Waals surface area contributed by atoms with Gasteiger partial charge in [0.2, 0.25) is 0 Å². The maximum Gasteiger partial charge on any atom is 0.137 e. The smallest absolute Gasteiger partial charge is 0.137 e. The van der Waals surface area contributed by atoms with Gasteiger partial charge in [-0.05, 0) is 12.8 Å². The van der Waals surface area contributed by atoms with E-state index in [2.05, 4.69) is 40.5 Å². The van der Waals surface area contributed by atoms with Gasteiger partial charge < -0.3 is 10.6 Å². The van der Waals surface area contributed by atoms with Gasteiger partial charge in [0.05, 0.1) is 0 Å². The molecule has 94 valence electrons. The Morgan fingerprint density at radius 1 is 1.47 bits per heavy atom. The highest BCUT2D eigenvalue weighted by atomic mass is 32.2. The van der Waals surface area contributed by atoms with E-state index in [1.54, 1.807) is 6.33 Å². The van der Waals surface area contributed by atoms with Crippen molar-refractivity contribution in [3.8, 4) is 0 Å². The van der Waals surface area contributed by atoms with Crippen LogP contribution in [0.5, 0.6) is 0 Å². The normalized spacial score (nSPS) is 20.6. The van der Waals surface area contributed by atoms with Crippen LogP contribution in [0.3, 0.4) is 0 Å². The summed E-state index contributed by atoms with van der Waals surface area (Å²) in [5.41, 5.74) is 7.01. The van der Waals surface area contributed by atoms with E-state index in [-0.39, 0.29) is 0 Å². The second-order valence-electron chi connectivity index (χ2n) is 4.26. The number of anilines is 2. The third-order valence-corrected chi connectivity index (χ3v) is 4.58. The number of nitrogens with two attached hydrogens (primary N) is 1. The average molecular weight is 252 g/mol. The molecule has 1 aliphatic rings. The van der Waals surface area contributed by atoms with Crippen LogP contribution in [0.4, 0.5) is 11.6 Å². The Morgan fingerprint density at radius 2 is 2.29 bits per heavy atom. The number of thioether (sulfide) groups is 1. The molecule has 5 heteroatoms. The molecule has 2 N–H and O–H groups in total. The van der Waals surface area contributed by atoms with E-state index in [1.807, 2.05) is 0 Å². The number of rotatable bonds is 3. The van der Waals surface area contributed by atoms with Crippen LogP contribution in [0.25, 0.3) is 0 Å². The van der Waals surface area contributed by atoms with Crippen LogP contribution in [0.1, 0.15) is 25.8 Å². The van der Waals surface area contributed by atoms with Crippen molar-refractivity contribution in [3.05, 3.63) is 11.9 Å². The van der Waals surface area contributed by atoms with E-state index >= 15 is 0 Å². The van der Waals surface area contributed by atoms with Gasteiger partial charge >= 0.3 is 0 Å². The monoisotopic (exact) mass is 252 g/mol. The summed E-state index contributed by atoms with van der Waals surface area (Å²) in [5, 5.41) is 0.713. The molecule has 0 bridgehead atoms. The summed E-state index contributed by atoms with van der Waals surface area (Å²) in [5.74, 6) is 2.84. The van der Waals surface area contributed by atoms with Crippen molar-refractivity contribution in [2.45, 2.75) is 31.9 Å². The molecule has 0 spiro atoms. The molecule has 1 aliphatic heterocycles. The first kappa shape index (κ1) is 12.5. The molecule has 0 saturated carbocycles. The standard InChI is InChI=1S/C12H20N4S/c1-3-9-7-16(5-6-17-9)12-10(4-2)11(13)14-8-15-12/h8-9H,3-7H2,1-2H3,(H2,13,14,15). The molecule has 1 fully saturated rings. The van der Waals surface area contributed by atoms with Gasteiger partial charge in [-0.3, -0.25) is 0 Å². The highest BCUT2D eigenvalue weighted by molar-refractivity contribution is 8.00. The summed E-state index contributed by atoms with van der Waals surface area (Å²) in [4.78, 5) is 10.9. The molecule has 1 saturated heterocycles. The van der Waals surface area contributed by atoms with Gasteiger partial charge in [0.25, 0.3) is 0 Å². The molecule has 2 heterocycles. The first-order chi connectivity index (χ1) is 8.26. The lowest BCUT2D eigenvalue weighted by molar-refractivity contribution is 0.715. The lowest BCUT2D eigenvalue weighted by Crippen LogP contribution is -2.38. The van der Waals surface area contributed by atoms with Crippen molar-refractivity contribution in [3.63, 3.8) is 0 Å². The van der Waals surface area contributed by atoms with Crippen molar-refractivity contribution >= 4 is 23.4 Å². The quantitative estimate of drug-likeness (QED) is 0.891. The summed E-state index contributed by atoms with van der Waals surface area (Å²) in [6.45, 7) is 6.49. The average Bonchev–Trinajstić information content (AvgIpc) is 2.38. The first-order valence-corrected chi connectivity index (χ1v) is 7.27. The van der Waals surface area contributed by atoms with Crippen LogP contribution >= 0.6 is 11.8 Å². The van der Waals surface area contributed by atoms with Gasteiger partial charge in [-0.15, -0.1) is 0 Å². The minimum absolute atomic E-state index is 0.628. The first-order valence-electron chi connectivity index (χ1n) is 6.22. The minimum atomic E-state index is 0.628. The molecule has 17 heavy (non-hydrogen) atoms. The topological polar surface area (TPSA) is 55.0 Å². The van der Waals surface area contributed by atoms with E-state index in [4.69, 9.17) is 5.73 Å². The third-order valence-electron chi connectivity index (χ3n) is 3.20. The summed E-state index contributed by atoms with van der Waals surface area (Å²) >= 11 is 2.06. The fraction of sp³-hybridized carbons (Fsp3) is 0.667. The van der Waals surface area contributed by atoms with E-state index in [0.29, 0.717) is 11.1 Å². The Bertz CT molecular complexity index is 383. The third kappa shape index (κ3) is 2.65. The van der Waals surface area contributed by atoms with Crippen molar-refractivity contribution < 1.29 is 0 Å². The van der Waals surface area contributed by atoms with Crippen molar-refractivity contribution in [1.82, 2.24) is 9.97 Å². The fourth-order valence-electron chi connectivity index (χ4n) is 2.19. The molecule has 1 aromatic heterocycles. The van der Waals surface area contributed by atoms with E-state index < -0.39 is 0 Å². The Hall–Kier alpha value is -0.970. The maximum atomic E-state index is 5.92. The van der Waals surface area contributed by atoms with Crippen LogP contribution in [0, 0.1) is 0 Å². The number of nitrogens with zero attached hydrogens (tertiary/aromatic N) is 3. The lowest BCUT2D eigenvalue weighted by atomic mass is 10.2. The molecule has 0 radical (unpaired) electrons. The second-order valence-corrected chi connectivity index (χ2v) is 5.67. The van der Waals surface area contributed by atoms with Crippen molar-refractivity contribution in [2.75, 3.05) is 29.5 Å². The zero-order valence-electron chi connectivity index (χ0n) is 10.5. The minimum Gasteiger partial charge on any atom is -0.383 e. The highest BCUT2D eigenvalue weighted by Crippen LogP contribution is 2.28. The molecule has 0 aromatic carbocycles. The molecule has 4 nitrogen and oxygen atoms in total. The Balaban J connectivity index is 2.24. The summed E-state index contributed by atoms with van der Waals surface area (Å²) in [7, 11) is 0. The van der Waals surface area contributed by atoms with Gasteiger partial charge in [0.1, 0.15) is 18.0 Å². The zero-order valence-corrected chi connectivity index (χ0v) is 11.3. The van der Waals surface area contributed by atoms with Gasteiger partial charge in [-0.25, -0.2) is 9.97 Å². The van der Waals surface area contributed by atoms with Crippen molar-refractivity contribution in [2.24, 2.45) is 0 Å². The number of hydrogen-bond acceptors (Lipinski definition) is 5. The van der Waals surface area contributed by atoms with Gasteiger partial charge in [0.15, 0.2) is 0 Å². The Labute approximate surface area is 107 Å². The van der Waals surface area contributed by atoms with E-state index in [9.17, 15) is 0 Å². The fourth-order valence-corrected chi connectivity index (χ4v) is 3.37. The molecule has 1 atom stereocenters. The Morgan fingerprint density at radius 3 is 3.00 bits per heavy atom.